The molecule has 2 aromatic heterocycles. The summed E-state index contributed by atoms with van der Waals surface area (Å²) in [5.74, 6) is 0.122. The third-order valence-corrected chi connectivity index (χ3v) is 4.72. The summed E-state index contributed by atoms with van der Waals surface area (Å²) in [5, 5.41) is 3.51. The molecule has 0 unspecified atom stereocenters. The van der Waals surface area contributed by atoms with E-state index in [-0.39, 0.29) is 11.7 Å². The number of nitrogens with two attached hydrogens (primary N) is 1. The zero-order valence-corrected chi connectivity index (χ0v) is 12.8. The molecule has 0 aliphatic carbocycles. The highest BCUT2D eigenvalue weighted by Crippen LogP contribution is 2.27. The summed E-state index contributed by atoms with van der Waals surface area (Å²) in [5.41, 5.74) is 5.75. The molecule has 0 radical (unpaired) electrons. The Morgan fingerprint density at radius 1 is 1.53 bits per heavy atom. The number of nitrogen functional groups attached to an aromatic ring is 1. The highest BCUT2D eigenvalue weighted by atomic mass is 35.5. The van der Waals surface area contributed by atoms with E-state index >= 15 is 0 Å². The van der Waals surface area contributed by atoms with Gasteiger partial charge in [-0.25, -0.2) is 4.98 Å². The normalized spacial score (nSPS) is 10.5. The Hall–Kier alpha value is -1.31. The van der Waals surface area contributed by atoms with Crippen LogP contribution in [0.5, 0.6) is 0 Å². The molecule has 8 heteroatoms. The highest BCUT2D eigenvalue weighted by Gasteiger charge is 2.20. The topological polar surface area (TPSA) is 71.2 Å². The molecule has 2 rings (SSSR count). The van der Waals surface area contributed by atoms with Gasteiger partial charge in [0.25, 0.3) is 5.91 Å². The molecule has 0 aliphatic heterocycles. The molecule has 0 spiro atoms. The van der Waals surface area contributed by atoms with Gasteiger partial charge in [-0.05, 0) is 12.1 Å². The summed E-state index contributed by atoms with van der Waals surface area (Å²) in [4.78, 5) is 19.4. The predicted molar refractivity (Wildman–Crippen MR) is 81.2 cm³/mol. The zero-order valence-electron chi connectivity index (χ0n) is 10.4. The minimum atomic E-state index is -0.138. The van der Waals surface area contributed by atoms with Crippen molar-refractivity contribution in [2.45, 2.75) is 6.54 Å². The number of carbonyl (C=O) groups excluding carboxylic acids is 1. The lowest BCUT2D eigenvalue weighted by atomic mass is 10.4. The number of hydrogen-bond donors (Lipinski definition) is 2. The van der Waals surface area contributed by atoms with E-state index in [1.165, 1.54) is 22.7 Å². The second-order valence-corrected chi connectivity index (χ2v) is 6.65. The first-order valence-electron chi connectivity index (χ1n) is 5.45. The molecule has 19 heavy (non-hydrogen) atoms. The first-order chi connectivity index (χ1) is 9.01. The largest absolute Gasteiger partial charge is 0.382 e. The van der Waals surface area contributed by atoms with Gasteiger partial charge in [-0.3, -0.25) is 4.79 Å². The van der Waals surface area contributed by atoms with E-state index in [1.807, 2.05) is 12.1 Å². The fourth-order valence-corrected chi connectivity index (χ4v) is 3.48. The second kappa shape index (κ2) is 5.77. The molecule has 0 saturated heterocycles. The quantitative estimate of drug-likeness (QED) is 0.910. The van der Waals surface area contributed by atoms with Gasteiger partial charge in [0, 0.05) is 19.0 Å². The van der Waals surface area contributed by atoms with Gasteiger partial charge in [0.2, 0.25) is 0 Å². The van der Waals surface area contributed by atoms with Crippen molar-refractivity contribution in [2.24, 2.45) is 0 Å². The van der Waals surface area contributed by atoms with E-state index < -0.39 is 0 Å². The molecule has 0 aliphatic rings. The molecule has 5 nitrogen and oxygen atoms in total. The van der Waals surface area contributed by atoms with E-state index in [0.29, 0.717) is 20.9 Å². The summed E-state index contributed by atoms with van der Waals surface area (Å²) >= 11 is 8.58. The van der Waals surface area contributed by atoms with Gasteiger partial charge in [-0.2, -0.15) is 0 Å². The molecule has 102 valence electrons. The SMILES string of the molecule is CNc1nc(N)c(C(=O)N(C)Cc2ccc(Cl)s2)s1. The van der Waals surface area contributed by atoms with Gasteiger partial charge < -0.3 is 16.0 Å². The molecule has 1 amide bonds. The summed E-state index contributed by atoms with van der Waals surface area (Å²) in [6.45, 7) is 0.502. The molecule has 0 aromatic carbocycles. The first-order valence-corrected chi connectivity index (χ1v) is 7.46. The molecule has 0 atom stereocenters. The number of carbonyl (C=O) groups is 1. The first kappa shape index (κ1) is 14.1. The molecule has 0 fully saturated rings. The number of amides is 1. The molecule has 0 bridgehead atoms. The van der Waals surface area contributed by atoms with E-state index in [2.05, 4.69) is 10.3 Å². The lowest BCUT2D eigenvalue weighted by Crippen LogP contribution is -2.25. The minimum Gasteiger partial charge on any atom is -0.382 e. The Kier molecular flexibility index (Phi) is 4.28. The number of nitrogens with one attached hydrogen (secondary N) is 1. The fraction of sp³-hybridized carbons (Fsp3) is 0.273. The number of aromatic nitrogens is 1. The van der Waals surface area contributed by atoms with E-state index in [9.17, 15) is 4.79 Å². The van der Waals surface area contributed by atoms with Crippen LogP contribution in [-0.4, -0.2) is 29.9 Å². The summed E-state index contributed by atoms with van der Waals surface area (Å²) in [6, 6.07) is 3.73. The summed E-state index contributed by atoms with van der Waals surface area (Å²) < 4.78 is 0.714. The van der Waals surface area contributed by atoms with Crippen LogP contribution in [0, 0.1) is 0 Å². The van der Waals surface area contributed by atoms with Gasteiger partial charge in [-0.1, -0.05) is 22.9 Å². The Morgan fingerprint density at radius 2 is 2.26 bits per heavy atom. The fourth-order valence-electron chi connectivity index (χ4n) is 1.51. The zero-order chi connectivity index (χ0) is 14.0. The van der Waals surface area contributed by atoms with Crippen LogP contribution in [0.3, 0.4) is 0 Å². The van der Waals surface area contributed by atoms with Crippen molar-refractivity contribution in [3.8, 4) is 0 Å². The Bertz CT molecular complexity index is 595. The van der Waals surface area contributed by atoms with Gasteiger partial charge >= 0.3 is 0 Å². The van der Waals surface area contributed by atoms with Gasteiger partial charge in [0.15, 0.2) is 5.13 Å². The molecule has 0 saturated carbocycles. The third-order valence-electron chi connectivity index (χ3n) is 2.43. The number of halogens is 1. The van der Waals surface area contributed by atoms with Gasteiger partial charge in [-0.15, -0.1) is 11.3 Å². The van der Waals surface area contributed by atoms with Crippen molar-refractivity contribution in [3.63, 3.8) is 0 Å². The molecule has 2 heterocycles. The lowest BCUT2D eigenvalue weighted by molar-refractivity contribution is 0.0792. The number of hydrogen-bond acceptors (Lipinski definition) is 6. The Balaban J connectivity index is 2.12. The molecular weight excluding hydrogens is 304 g/mol. The predicted octanol–water partition coefficient (Wildman–Crippen LogP) is 2.75. The van der Waals surface area contributed by atoms with Crippen LogP contribution in [0.1, 0.15) is 14.5 Å². The maximum atomic E-state index is 12.3. The Labute approximate surface area is 124 Å². The van der Waals surface area contributed by atoms with Crippen LogP contribution < -0.4 is 11.1 Å². The molecular formula is C11H13ClN4OS2. The van der Waals surface area contributed by atoms with Crippen LogP contribution in [0.15, 0.2) is 12.1 Å². The van der Waals surface area contributed by atoms with Crippen molar-refractivity contribution < 1.29 is 4.79 Å². The number of rotatable bonds is 4. The van der Waals surface area contributed by atoms with E-state index in [4.69, 9.17) is 17.3 Å². The summed E-state index contributed by atoms with van der Waals surface area (Å²) in [6.07, 6.45) is 0. The van der Waals surface area contributed by atoms with Crippen molar-refractivity contribution in [1.29, 1.82) is 0 Å². The lowest BCUT2D eigenvalue weighted by Gasteiger charge is -2.15. The van der Waals surface area contributed by atoms with Gasteiger partial charge in [0.1, 0.15) is 10.7 Å². The van der Waals surface area contributed by atoms with Crippen LogP contribution in [0.25, 0.3) is 0 Å². The van der Waals surface area contributed by atoms with Crippen LogP contribution in [0.4, 0.5) is 10.9 Å². The average molecular weight is 317 g/mol. The standard InChI is InChI=1S/C11H13ClN4OS2/c1-14-11-15-9(13)8(19-11)10(17)16(2)5-6-3-4-7(12)18-6/h3-4H,5,13H2,1-2H3,(H,14,15). The van der Waals surface area contributed by atoms with Gasteiger partial charge in [0.05, 0.1) is 10.9 Å². The molecule has 2 aromatic rings. The average Bonchev–Trinajstić information content (AvgIpc) is 2.94. The minimum absolute atomic E-state index is 0.138. The number of anilines is 2. The van der Waals surface area contributed by atoms with Crippen molar-refractivity contribution in [2.75, 3.05) is 25.1 Å². The Morgan fingerprint density at radius 3 is 2.79 bits per heavy atom. The van der Waals surface area contributed by atoms with Crippen LogP contribution in [0.2, 0.25) is 4.34 Å². The van der Waals surface area contributed by atoms with E-state index in [0.717, 1.165) is 4.88 Å². The number of nitrogens with zero attached hydrogens (tertiary/aromatic N) is 2. The van der Waals surface area contributed by atoms with Crippen LogP contribution in [-0.2, 0) is 6.54 Å². The second-order valence-electron chi connectivity index (χ2n) is 3.85. The number of thiophene rings is 1. The van der Waals surface area contributed by atoms with Crippen LogP contribution >= 0.6 is 34.3 Å². The van der Waals surface area contributed by atoms with Crippen molar-refractivity contribution in [3.05, 3.63) is 26.2 Å². The van der Waals surface area contributed by atoms with E-state index in [1.54, 1.807) is 19.0 Å². The maximum Gasteiger partial charge on any atom is 0.267 e. The van der Waals surface area contributed by atoms with Crippen molar-refractivity contribution in [1.82, 2.24) is 9.88 Å². The highest BCUT2D eigenvalue weighted by molar-refractivity contribution is 7.18. The number of thiazole rings is 1. The smallest absolute Gasteiger partial charge is 0.267 e. The summed E-state index contributed by atoms with van der Waals surface area (Å²) in [7, 11) is 3.47. The maximum absolute atomic E-state index is 12.3. The monoisotopic (exact) mass is 316 g/mol. The molecule has 3 N–H and O–H groups in total. The van der Waals surface area contributed by atoms with Crippen molar-refractivity contribution >= 4 is 51.1 Å². The third kappa shape index (κ3) is 3.17.